The summed E-state index contributed by atoms with van der Waals surface area (Å²) < 4.78 is 96.8. The molecular formula is C39H25N3S. The molecule has 8 aromatic rings. The van der Waals surface area contributed by atoms with E-state index in [-0.39, 0.29) is 74.3 Å². The summed E-state index contributed by atoms with van der Waals surface area (Å²) in [5, 5.41) is 0.315. The van der Waals surface area contributed by atoms with Crippen LogP contribution in [0.4, 0.5) is 0 Å². The zero-order chi connectivity index (χ0) is 38.2. The number of rotatable bonds is 5. The van der Waals surface area contributed by atoms with Crippen LogP contribution in [0.1, 0.15) is 15.1 Å². The largest absolute Gasteiger partial charge is 0.208 e. The number of benzene rings is 6. The highest BCUT2D eigenvalue weighted by Crippen LogP contribution is 2.41. The van der Waals surface area contributed by atoms with Crippen molar-refractivity contribution < 1.29 is 15.1 Å². The lowest BCUT2D eigenvalue weighted by molar-refractivity contribution is 1.07. The van der Waals surface area contributed by atoms with Crippen molar-refractivity contribution in [2.75, 3.05) is 0 Å². The van der Waals surface area contributed by atoms with Gasteiger partial charge in [0, 0.05) is 36.9 Å². The molecule has 0 saturated heterocycles. The highest BCUT2D eigenvalue weighted by atomic mass is 32.1. The molecule has 2 heterocycles. The molecule has 0 aliphatic carbocycles. The van der Waals surface area contributed by atoms with Crippen molar-refractivity contribution in [3.63, 3.8) is 0 Å². The van der Waals surface area contributed by atoms with E-state index in [2.05, 4.69) is 15.0 Å². The van der Waals surface area contributed by atoms with Gasteiger partial charge in [-0.05, 0) is 28.3 Å². The van der Waals surface area contributed by atoms with Crippen LogP contribution in [0.15, 0.2) is 151 Å². The molecule has 8 rings (SSSR count). The first-order valence-electron chi connectivity index (χ1n) is 18.9. The first-order chi connectivity index (χ1) is 25.9. The molecule has 43 heavy (non-hydrogen) atoms. The lowest BCUT2D eigenvalue weighted by atomic mass is 9.99. The smallest absolute Gasteiger partial charge is 0.164 e. The molecule has 3 nitrogen and oxygen atoms in total. The van der Waals surface area contributed by atoms with Crippen molar-refractivity contribution >= 4 is 31.5 Å². The van der Waals surface area contributed by atoms with E-state index < -0.39 is 36.3 Å². The van der Waals surface area contributed by atoms with E-state index in [9.17, 15) is 4.11 Å². The molecule has 0 spiro atoms. The summed E-state index contributed by atoms with van der Waals surface area (Å²) in [6.45, 7) is 0. The van der Waals surface area contributed by atoms with Crippen LogP contribution < -0.4 is 0 Å². The van der Waals surface area contributed by atoms with Crippen molar-refractivity contribution in [3.8, 4) is 56.4 Å². The van der Waals surface area contributed by atoms with Crippen LogP contribution in [0, 0.1) is 0 Å². The molecule has 0 fully saturated rings. The van der Waals surface area contributed by atoms with Crippen molar-refractivity contribution in [2.45, 2.75) is 0 Å². The van der Waals surface area contributed by atoms with Gasteiger partial charge < -0.3 is 0 Å². The van der Waals surface area contributed by atoms with Crippen molar-refractivity contribution in [1.29, 1.82) is 0 Å². The summed E-state index contributed by atoms with van der Waals surface area (Å²) in [5.41, 5.74) is 2.97. The minimum absolute atomic E-state index is 0.0524. The van der Waals surface area contributed by atoms with Crippen LogP contribution in [-0.2, 0) is 0 Å². The third kappa shape index (κ3) is 4.78. The van der Waals surface area contributed by atoms with E-state index in [0.29, 0.717) is 21.4 Å². The van der Waals surface area contributed by atoms with E-state index in [1.165, 1.54) is 0 Å². The number of fused-ring (bicyclic) bond motifs is 3. The fourth-order valence-corrected chi connectivity index (χ4v) is 6.01. The Labute approximate surface area is 269 Å². The van der Waals surface area contributed by atoms with E-state index in [1.807, 2.05) is 54.6 Å². The predicted molar refractivity (Wildman–Crippen MR) is 180 cm³/mol. The minimum Gasteiger partial charge on any atom is -0.208 e. The van der Waals surface area contributed by atoms with Gasteiger partial charge in [-0.1, -0.05) is 145 Å². The highest BCUT2D eigenvalue weighted by molar-refractivity contribution is 7.26. The first kappa shape index (κ1) is 16.3. The number of nitrogens with zero attached hydrogens (tertiary/aromatic N) is 3. The van der Waals surface area contributed by atoms with Crippen LogP contribution >= 0.6 is 11.3 Å². The molecule has 2 aromatic heterocycles. The molecule has 0 bridgehead atoms. The maximum absolute atomic E-state index is 9.45. The van der Waals surface area contributed by atoms with Crippen LogP contribution in [-0.4, -0.2) is 15.0 Å². The lowest BCUT2D eigenvalue weighted by Crippen LogP contribution is -1.99. The fraction of sp³-hybridized carbons (Fsp3) is 0. The minimum atomic E-state index is -0.589. The summed E-state index contributed by atoms with van der Waals surface area (Å²) in [5.74, 6) is -0.444. The van der Waals surface area contributed by atoms with E-state index in [1.54, 1.807) is 30.3 Å². The third-order valence-electron chi connectivity index (χ3n) is 6.96. The Bertz CT molecular complexity index is 2800. The van der Waals surface area contributed by atoms with Gasteiger partial charge in [0.25, 0.3) is 0 Å². The maximum Gasteiger partial charge on any atom is 0.164 e. The van der Waals surface area contributed by atoms with Crippen molar-refractivity contribution in [2.24, 2.45) is 0 Å². The second-order valence-corrected chi connectivity index (χ2v) is 10.6. The fourth-order valence-electron chi connectivity index (χ4n) is 4.87. The molecule has 4 heteroatoms. The van der Waals surface area contributed by atoms with Crippen LogP contribution in [0.25, 0.3) is 76.6 Å². The molecule has 0 aliphatic rings. The molecule has 202 valence electrons. The average molecular weight is 579 g/mol. The Morgan fingerprint density at radius 1 is 0.442 bits per heavy atom. The summed E-state index contributed by atoms with van der Waals surface area (Å²) in [4.78, 5) is 13.6. The van der Waals surface area contributed by atoms with Gasteiger partial charge in [-0.3, -0.25) is 0 Å². The van der Waals surface area contributed by atoms with Gasteiger partial charge in [0.05, 0.1) is 15.1 Å². The SMILES string of the molecule is [2H]c1c([2H])c([2H])c(-c2nc(-c3ccccc3)nc(-c3c([2H])c([2H])c4c(sc5c(-c6ccc(-c7ccccc7)cc6)c([2H])c([2H])c([2H])c54)c3[2H])n2)c([2H])c1[2H]. The molecule has 0 N–H and O–H groups in total. The number of thiophene rings is 1. The van der Waals surface area contributed by atoms with Gasteiger partial charge in [0.15, 0.2) is 17.5 Å². The maximum atomic E-state index is 9.45. The van der Waals surface area contributed by atoms with E-state index in [4.69, 9.17) is 11.0 Å². The normalized spacial score (nSPS) is 14.8. The van der Waals surface area contributed by atoms with E-state index >= 15 is 0 Å². The standard InChI is InChI=1S/C39H25N3S/c1-4-11-26(12-5-1)27-19-21-28(22-20-27)32-17-10-18-34-33-24-23-31(25-35(33)43-36(32)34)39-41-37(29-13-6-2-7-14-29)40-38(42-39)30-15-8-3-9-16-30/h1-25H/i2D,6D,7D,10D,13D,14D,17D,18D,23D,24D,25D. The second-order valence-electron chi connectivity index (χ2n) is 9.63. The zero-order valence-electron chi connectivity index (χ0n) is 33.3. The van der Waals surface area contributed by atoms with Gasteiger partial charge in [0.1, 0.15) is 0 Å². The summed E-state index contributed by atoms with van der Waals surface area (Å²) >= 11 is 1.07. The number of hydrogen-bond acceptors (Lipinski definition) is 4. The molecule has 0 radical (unpaired) electrons. The zero-order valence-corrected chi connectivity index (χ0v) is 23.1. The van der Waals surface area contributed by atoms with Gasteiger partial charge in [-0.15, -0.1) is 11.3 Å². The summed E-state index contributed by atoms with van der Waals surface area (Å²) in [6, 6.07) is 21.2. The average Bonchev–Trinajstić information content (AvgIpc) is 3.60. The molecule has 0 atom stereocenters. The monoisotopic (exact) mass is 578 g/mol. The predicted octanol–water partition coefficient (Wildman–Crippen LogP) is 10.6. The Morgan fingerprint density at radius 2 is 1.05 bits per heavy atom. The Morgan fingerprint density at radius 3 is 1.77 bits per heavy atom. The van der Waals surface area contributed by atoms with Crippen LogP contribution in [0.3, 0.4) is 0 Å². The topological polar surface area (TPSA) is 38.7 Å². The van der Waals surface area contributed by atoms with Crippen LogP contribution in [0.5, 0.6) is 0 Å². The number of hydrogen-bond donors (Lipinski definition) is 0. The molecule has 0 amide bonds. The molecular weight excluding hydrogens is 543 g/mol. The van der Waals surface area contributed by atoms with Gasteiger partial charge >= 0.3 is 0 Å². The molecule has 0 unspecified atom stereocenters. The highest BCUT2D eigenvalue weighted by Gasteiger charge is 2.15. The summed E-state index contributed by atoms with van der Waals surface area (Å²) in [6.07, 6.45) is 0. The van der Waals surface area contributed by atoms with Gasteiger partial charge in [-0.25, -0.2) is 15.0 Å². The molecule has 0 saturated carbocycles. The lowest BCUT2D eigenvalue weighted by Gasteiger charge is -2.08. The second kappa shape index (κ2) is 10.8. The Hall–Kier alpha value is -5.45. The van der Waals surface area contributed by atoms with Gasteiger partial charge in [0.2, 0.25) is 0 Å². The number of aromatic nitrogens is 3. The quantitative estimate of drug-likeness (QED) is 0.204. The molecule has 6 aromatic carbocycles. The van der Waals surface area contributed by atoms with Crippen LogP contribution in [0.2, 0.25) is 0 Å². The first-order valence-corrected chi connectivity index (χ1v) is 14.2. The van der Waals surface area contributed by atoms with Crippen molar-refractivity contribution in [1.82, 2.24) is 15.0 Å². The third-order valence-corrected chi connectivity index (χ3v) is 8.08. The Kier molecular flexibility index (Phi) is 4.06. The van der Waals surface area contributed by atoms with E-state index in [0.717, 1.165) is 22.5 Å². The van der Waals surface area contributed by atoms with Gasteiger partial charge in [-0.2, -0.15) is 0 Å². The van der Waals surface area contributed by atoms with Crippen molar-refractivity contribution in [3.05, 3.63) is 151 Å². The molecule has 0 aliphatic heterocycles. The Balaban J connectivity index is 1.40. The summed E-state index contributed by atoms with van der Waals surface area (Å²) in [7, 11) is 0.